The molecular formula is C23H24ClN3O2. The first-order valence-corrected chi connectivity index (χ1v) is 10.1. The number of pyridine rings is 1. The van der Waals surface area contributed by atoms with Crippen LogP contribution in [0.1, 0.15) is 17.5 Å². The molecule has 1 saturated heterocycles. The Hall–Kier alpha value is -2.76. The number of benzene rings is 2. The molecule has 1 aliphatic heterocycles. The van der Waals surface area contributed by atoms with Crippen molar-refractivity contribution < 1.29 is 9.84 Å². The number of hydrogen-bond acceptors (Lipinski definition) is 5. The molecule has 150 valence electrons. The van der Waals surface area contributed by atoms with E-state index < -0.39 is 0 Å². The third-order valence-electron chi connectivity index (χ3n) is 5.17. The Kier molecular flexibility index (Phi) is 5.88. The lowest BCUT2D eigenvalue weighted by atomic mass is 10.1. The number of aliphatic hydroxyl groups excluding tert-OH is 1. The Balaban J connectivity index is 1.47. The van der Waals surface area contributed by atoms with Crippen LogP contribution in [0.25, 0.3) is 0 Å². The van der Waals surface area contributed by atoms with Crippen LogP contribution in [0.5, 0.6) is 11.5 Å². The van der Waals surface area contributed by atoms with Crippen molar-refractivity contribution in [2.24, 2.45) is 0 Å². The molecule has 0 radical (unpaired) electrons. The van der Waals surface area contributed by atoms with Crippen LogP contribution in [0, 0.1) is 6.92 Å². The van der Waals surface area contributed by atoms with Gasteiger partial charge in [0, 0.05) is 36.6 Å². The molecule has 0 aliphatic carbocycles. The summed E-state index contributed by atoms with van der Waals surface area (Å²) in [6.45, 7) is 3.69. The van der Waals surface area contributed by atoms with E-state index in [0.717, 1.165) is 47.8 Å². The lowest BCUT2D eigenvalue weighted by molar-refractivity contribution is 0.281. The molecule has 2 N–H and O–H groups in total. The fourth-order valence-electron chi connectivity index (χ4n) is 3.64. The van der Waals surface area contributed by atoms with Gasteiger partial charge in [0.05, 0.1) is 11.6 Å². The number of hydrogen-bond donors (Lipinski definition) is 2. The van der Waals surface area contributed by atoms with E-state index in [-0.39, 0.29) is 12.6 Å². The van der Waals surface area contributed by atoms with Crippen LogP contribution >= 0.6 is 11.6 Å². The van der Waals surface area contributed by atoms with Crippen molar-refractivity contribution in [1.82, 2.24) is 4.98 Å². The van der Waals surface area contributed by atoms with Crippen molar-refractivity contribution in [3.63, 3.8) is 0 Å². The lowest BCUT2D eigenvalue weighted by Gasteiger charge is -2.23. The van der Waals surface area contributed by atoms with E-state index in [1.807, 2.05) is 61.5 Å². The molecule has 1 aromatic heterocycles. The fourth-order valence-corrected chi connectivity index (χ4v) is 3.82. The van der Waals surface area contributed by atoms with E-state index in [4.69, 9.17) is 16.3 Å². The van der Waals surface area contributed by atoms with Gasteiger partial charge in [0.15, 0.2) is 0 Å². The maximum absolute atomic E-state index is 9.94. The molecule has 1 atom stereocenters. The van der Waals surface area contributed by atoms with Crippen LogP contribution in [0.3, 0.4) is 0 Å². The summed E-state index contributed by atoms with van der Waals surface area (Å²) in [5.74, 6) is 2.26. The molecule has 4 rings (SSSR count). The monoisotopic (exact) mass is 409 g/mol. The molecule has 5 nitrogen and oxygen atoms in total. The summed E-state index contributed by atoms with van der Waals surface area (Å²) in [6.07, 6.45) is 2.71. The van der Waals surface area contributed by atoms with Crippen molar-refractivity contribution in [2.45, 2.75) is 26.0 Å². The normalized spacial score (nSPS) is 16.1. The fraction of sp³-hybridized carbons (Fsp3) is 0.261. The smallest absolute Gasteiger partial charge is 0.145 e. The molecule has 1 aliphatic rings. The number of nitrogens with zero attached hydrogens (tertiary/aromatic N) is 2. The standard InChI is InChI=1S/C23H24ClN3O2/c1-16-5-2-3-7-22(16)29-19-8-9-21(17(13-19)15-28)27-12-10-18(14-27)26-23-20(24)6-4-11-25-23/h2-9,11,13,18,28H,10,12,14-15H2,1H3,(H,25,26). The Morgan fingerprint density at radius 1 is 1.21 bits per heavy atom. The van der Waals surface area contributed by atoms with Gasteiger partial charge in [-0.3, -0.25) is 0 Å². The first-order chi connectivity index (χ1) is 14.1. The van der Waals surface area contributed by atoms with Crippen molar-refractivity contribution in [1.29, 1.82) is 0 Å². The SMILES string of the molecule is Cc1ccccc1Oc1ccc(N2CCC(Nc3ncccc3Cl)C2)c(CO)c1. The number of aromatic nitrogens is 1. The molecule has 0 spiro atoms. The third kappa shape index (κ3) is 4.47. The van der Waals surface area contributed by atoms with Crippen LogP contribution in [-0.4, -0.2) is 29.2 Å². The Bertz CT molecular complexity index is 995. The predicted octanol–water partition coefficient (Wildman–Crippen LogP) is 5.02. The number of rotatable bonds is 6. The van der Waals surface area contributed by atoms with Gasteiger partial charge in [0.2, 0.25) is 0 Å². The van der Waals surface area contributed by atoms with Gasteiger partial charge in [0.1, 0.15) is 17.3 Å². The molecule has 29 heavy (non-hydrogen) atoms. The summed E-state index contributed by atoms with van der Waals surface area (Å²) in [5.41, 5.74) is 2.96. The summed E-state index contributed by atoms with van der Waals surface area (Å²) in [4.78, 5) is 6.59. The quantitative estimate of drug-likeness (QED) is 0.598. The molecule has 0 amide bonds. The minimum atomic E-state index is -0.0407. The number of nitrogens with one attached hydrogen (secondary N) is 1. The van der Waals surface area contributed by atoms with Gasteiger partial charge in [-0.25, -0.2) is 4.98 Å². The highest BCUT2D eigenvalue weighted by Gasteiger charge is 2.25. The molecule has 1 unspecified atom stereocenters. The zero-order valence-electron chi connectivity index (χ0n) is 16.3. The third-order valence-corrected chi connectivity index (χ3v) is 5.48. The summed E-state index contributed by atoms with van der Waals surface area (Å²) in [7, 11) is 0. The first kappa shape index (κ1) is 19.6. The number of aliphatic hydroxyl groups is 1. The van der Waals surface area contributed by atoms with Crippen molar-refractivity contribution >= 4 is 23.1 Å². The maximum Gasteiger partial charge on any atom is 0.145 e. The minimum absolute atomic E-state index is 0.0407. The van der Waals surface area contributed by atoms with Crippen molar-refractivity contribution in [2.75, 3.05) is 23.3 Å². The number of halogens is 1. The highest BCUT2D eigenvalue weighted by atomic mass is 35.5. The Labute approximate surface area is 175 Å². The van der Waals surface area contributed by atoms with E-state index in [0.29, 0.717) is 10.8 Å². The molecule has 3 aromatic rings. The van der Waals surface area contributed by atoms with Gasteiger partial charge < -0.3 is 20.1 Å². The van der Waals surface area contributed by atoms with Crippen LogP contribution in [-0.2, 0) is 6.61 Å². The summed E-state index contributed by atoms with van der Waals surface area (Å²) in [6, 6.07) is 17.7. The molecule has 1 fully saturated rings. The summed E-state index contributed by atoms with van der Waals surface area (Å²) in [5, 5.41) is 14.0. The van der Waals surface area contributed by atoms with Crippen LogP contribution in [0.15, 0.2) is 60.8 Å². The van der Waals surface area contributed by atoms with Gasteiger partial charge in [-0.05, 0) is 55.3 Å². The second-order valence-corrected chi connectivity index (χ2v) is 7.63. The highest BCUT2D eigenvalue weighted by molar-refractivity contribution is 6.32. The van der Waals surface area contributed by atoms with E-state index in [1.165, 1.54) is 0 Å². The number of anilines is 2. The lowest BCUT2D eigenvalue weighted by Crippen LogP contribution is -2.27. The number of aryl methyl sites for hydroxylation is 1. The van der Waals surface area contributed by atoms with E-state index in [9.17, 15) is 5.11 Å². The molecule has 0 bridgehead atoms. The van der Waals surface area contributed by atoms with Gasteiger partial charge in [-0.15, -0.1) is 0 Å². The summed E-state index contributed by atoms with van der Waals surface area (Å²) >= 11 is 6.21. The average Bonchev–Trinajstić information content (AvgIpc) is 3.19. The largest absolute Gasteiger partial charge is 0.457 e. The zero-order chi connectivity index (χ0) is 20.2. The maximum atomic E-state index is 9.94. The Morgan fingerprint density at radius 2 is 2.07 bits per heavy atom. The van der Waals surface area contributed by atoms with Crippen molar-refractivity contribution in [3.05, 3.63) is 76.9 Å². The van der Waals surface area contributed by atoms with E-state index in [2.05, 4.69) is 15.2 Å². The highest BCUT2D eigenvalue weighted by Crippen LogP contribution is 2.32. The van der Waals surface area contributed by atoms with Crippen LogP contribution < -0.4 is 15.0 Å². The molecule has 0 saturated carbocycles. The number of ether oxygens (including phenoxy) is 1. The molecule has 2 aromatic carbocycles. The van der Waals surface area contributed by atoms with E-state index >= 15 is 0 Å². The predicted molar refractivity (Wildman–Crippen MR) is 117 cm³/mol. The number of para-hydroxylation sites is 1. The zero-order valence-corrected chi connectivity index (χ0v) is 17.1. The van der Waals surface area contributed by atoms with Crippen molar-refractivity contribution in [3.8, 4) is 11.5 Å². The van der Waals surface area contributed by atoms with Gasteiger partial charge in [-0.1, -0.05) is 29.8 Å². The van der Waals surface area contributed by atoms with Gasteiger partial charge in [-0.2, -0.15) is 0 Å². The molecule has 6 heteroatoms. The van der Waals surface area contributed by atoms with E-state index in [1.54, 1.807) is 6.20 Å². The first-order valence-electron chi connectivity index (χ1n) is 9.73. The van der Waals surface area contributed by atoms with Gasteiger partial charge in [0.25, 0.3) is 0 Å². The minimum Gasteiger partial charge on any atom is -0.457 e. The Morgan fingerprint density at radius 3 is 2.86 bits per heavy atom. The average molecular weight is 410 g/mol. The molecular weight excluding hydrogens is 386 g/mol. The van der Waals surface area contributed by atoms with Crippen LogP contribution in [0.2, 0.25) is 5.02 Å². The topological polar surface area (TPSA) is 57.6 Å². The summed E-state index contributed by atoms with van der Waals surface area (Å²) < 4.78 is 6.02. The second-order valence-electron chi connectivity index (χ2n) is 7.23. The van der Waals surface area contributed by atoms with Crippen LogP contribution in [0.4, 0.5) is 11.5 Å². The molecule has 2 heterocycles. The van der Waals surface area contributed by atoms with Gasteiger partial charge >= 0.3 is 0 Å². The second kappa shape index (κ2) is 8.72.